The van der Waals surface area contributed by atoms with Crippen molar-refractivity contribution in [2.45, 2.75) is 83.2 Å². The molecule has 0 aromatic heterocycles. The molecule has 0 bridgehead atoms. The summed E-state index contributed by atoms with van der Waals surface area (Å²) in [6.07, 6.45) is 12.7. The van der Waals surface area contributed by atoms with E-state index in [-0.39, 0.29) is 5.91 Å². The topological polar surface area (TPSA) is 32.3 Å². The lowest BCUT2D eigenvalue weighted by molar-refractivity contribution is -0.124. The molecule has 0 radical (unpaired) electrons. The molecule has 2 fully saturated rings. The van der Waals surface area contributed by atoms with Gasteiger partial charge in [-0.15, -0.1) is 0 Å². The standard InChI is InChI=1S/C16H30N2O/c1-2-15-11-7-8-12-18(15)13-16(19)17-14-9-5-3-4-6-10-14/h14-15H,2-13H2,1H3,(H,17,19). The van der Waals surface area contributed by atoms with Gasteiger partial charge in [-0.2, -0.15) is 0 Å². The van der Waals surface area contributed by atoms with Gasteiger partial charge in [-0.3, -0.25) is 9.69 Å². The van der Waals surface area contributed by atoms with E-state index in [0.29, 0.717) is 18.6 Å². The van der Waals surface area contributed by atoms with Gasteiger partial charge in [-0.05, 0) is 38.6 Å². The van der Waals surface area contributed by atoms with Crippen LogP contribution in [-0.2, 0) is 4.79 Å². The second kappa shape index (κ2) is 7.88. The van der Waals surface area contributed by atoms with Crippen LogP contribution in [0.5, 0.6) is 0 Å². The molecule has 2 rings (SSSR count). The number of piperidine rings is 1. The highest BCUT2D eigenvalue weighted by atomic mass is 16.2. The molecule has 1 heterocycles. The average molecular weight is 266 g/mol. The fraction of sp³-hybridized carbons (Fsp3) is 0.938. The second-order valence-corrected chi connectivity index (χ2v) is 6.28. The van der Waals surface area contributed by atoms with E-state index in [0.717, 1.165) is 6.54 Å². The third kappa shape index (κ3) is 4.79. The zero-order valence-corrected chi connectivity index (χ0v) is 12.5. The maximum Gasteiger partial charge on any atom is 0.234 e. The Labute approximate surface area is 118 Å². The Morgan fingerprint density at radius 3 is 2.42 bits per heavy atom. The number of nitrogens with zero attached hydrogens (tertiary/aromatic N) is 1. The minimum Gasteiger partial charge on any atom is -0.352 e. The summed E-state index contributed by atoms with van der Waals surface area (Å²) in [6, 6.07) is 1.08. The van der Waals surface area contributed by atoms with Gasteiger partial charge in [0.2, 0.25) is 5.91 Å². The van der Waals surface area contributed by atoms with Crippen LogP contribution in [0.4, 0.5) is 0 Å². The predicted octanol–water partition coefficient (Wildman–Crippen LogP) is 3.09. The molecule has 19 heavy (non-hydrogen) atoms. The van der Waals surface area contributed by atoms with Crippen LogP contribution in [0.3, 0.4) is 0 Å². The Morgan fingerprint density at radius 2 is 1.74 bits per heavy atom. The Bertz CT molecular complexity index is 272. The molecule has 1 unspecified atom stereocenters. The molecule has 1 N–H and O–H groups in total. The monoisotopic (exact) mass is 266 g/mol. The van der Waals surface area contributed by atoms with Crippen molar-refractivity contribution in [3.05, 3.63) is 0 Å². The predicted molar refractivity (Wildman–Crippen MR) is 79.1 cm³/mol. The highest BCUT2D eigenvalue weighted by Crippen LogP contribution is 2.20. The normalized spacial score (nSPS) is 26.9. The summed E-state index contributed by atoms with van der Waals surface area (Å²) in [5.74, 6) is 0.257. The first-order valence-corrected chi connectivity index (χ1v) is 8.33. The summed E-state index contributed by atoms with van der Waals surface area (Å²) in [7, 11) is 0. The maximum absolute atomic E-state index is 12.2. The summed E-state index contributed by atoms with van der Waals surface area (Å²) >= 11 is 0. The fourth-order valence-corrected chi connectivity index (χ4v) is 3.61. The first-order chi connectivity index (χ1) is 9.29. The third-order valence-corrected chi connectivity index (χ3v) is 4.79. The summed E-state index contributed by atoms with van der Waals surface area (Å²) < 4.78 is 0. The molecule has 0 aromatic rings. The Hall–Kier alpha value is -0.570. The van der Waals surface area contributed by atoms with Gasteiger partial charge in [0.15, 0.2) is 0 Å². The highest BCUT2D eigenvalue weighted by molar-refractivity contribution is 5.78. The molecule has 3 heteroatoms. The molecule has 1 aliphatic carbocycles. The Morgan fingerprint density at radius 1 is 1.05 bits per heavy atom. The largest absolute Gasteiger partial charge is 0.352 e. The minimum atomic E-state index is 0.257. The molecule has 110 valence electrons. The van der Waals surface area contributed by atoms with E-state index in [1.807, 2.05) is 0 Å². The van der Waals surface area contributed by atoms with E-state index in [2.05, 4.69) is 17.1 Å². The quantitative estimate of drug-likeness (QED) is 0.793. The van der Waals surface area contributed by atoms with Gasteiger partial charge < -0.3 is 5.32 Å². The number of carbonyl (C=O) groups is 1. The molecule has 2 aliphatic rings. The van der Waals surface area contributed by atoms with Crippen LogP contribution in [0.25, 0.3) is 0 Å². The SMILES string of the molecule is CCC1CCCCN1CC(=O)NC1CCCCCC1. The van der Waals surface area contributed by atoms with Crippen LogP contribution < -0.4 is 5.32 Å². The zero-order chi connectivity index (χ0) is 13.5. The molecular weight excluding hydrogens is 236 g/mol. The van der Waals surface area contributed by atoms with Crippen LogP contribution in [-0.4, -0.2) is 36.0 Å². The van der Waals surface area contributed by atoms with Crippen molar-refractivity contribution in [3.8, 4) is 0 Å². The van der Waals surface area contributed by atoms with Crippen molar-refractivity contribution < 1.29 is 4.79 Å². The van der Waals surface area contributed by atoms with Gasteiger partial charge in [0.05, 0.1) is 6.54 Å². The zero-order valence-electron chi connectivity index (χ0n) is 12.5. The fourth-order valence-electron chi connectivity index (χ4n) is 3.61. The van der Waals surface area contributed by atoms with Crippen LogP contribution in [0, 0.1) is 0 Å². The van der Waals surface area contributed by atoms with E-state index >= 15 is 0 Å². The highest BCUT2D eigenvalue weighted by Gasteiger charge is 2.23. The van der Waals surface area contributed by atoms with Gasteiger partial charge in [-0.25, -0.2) is 0 Å². The van der Waals surface area contributed by atoms with E-state index in [4.69, 9.17) is 0 Å². The Balaban J connectivity index is 1.75. The Kier molecular flexibility index (Phi) is 6.15. The average Bonchev–Trinajstić information content (AvgIpc) is 2.68. The summed E-state index contributed by atoms with van der Waals surface area (Å²) in [6.45, 7) is 3.97. The lowest BCUT2D eigenvalue weighted by atomic mass is 10.00. The summed E-state index contributed by atoms with van der Waals surface area (Å²) in [5, 5.41) is 3.27. The molecule has 1 saturated heterocycles. The maximum atomic E-state index is 12.2. The van der Waals surface area contributed by atoms with Gasteiger partial charge in [0, 0.05) is 12.1 Å². The van der Waals surface area contributed by atoms with Crippen LogP contribution in [0.2, 0.25) is 0 Å². The second-order valence-electron chi connectivity index (χ2n) is 6.28. The van der Waals surface area contributed by atoms with Crippen LogP contribution >= 0.6 is 0 Å². The van der Waals surface area contributed by atoms with Crippen LogP contribution in [0.1, 0.15) is 71.1 Å². The van der Waals surface area contributed by atoms with E-state index in [1.54, 1.807) is 0 Å². The van der Waals surface area contributed by atoms with Crippen molar-refractivity contribution in [2.24, 2.45) is 0 Å². The van der Waals surface area contributed by atoms with E-state index in [1.165, 1.54) is 64.2 Å². The number of rotatable bonds is 4. The van der Waals surface area contributed by atoms with Crippen molar-refractivity contribution >= 4 is 5.91 Å². The van der Waals surface area contributed by atoms with Crippen LogP contribution in [0.15, 0.2) is 0 Å². The van der Waals surface area contributed by atoms with E-state index in [9.17, 15) is 4.79 Å². The molecule has 1 amide bonds. The molecule has 1 aliphatic heterocycles. The molecule has 1 saturated carbocycles. The van der Waals surface area contributed by atoms with E-state index < -0.39 is 0 Å². The lowest BCUT2D eigenvalue weighted by Gasteiger charge is -2.34. The molecule has 1 atom stereocenters. The van der Waals surface area contributed by atoms with Crippen molar-refractivity contribution in [3.63, 3.8) is 0 Å². The van der Waals surface area contributed by atoms with Gasteiger partial charge in [0.25, 0.3) is 0 Å². The van der Waals surface area contributed by atoms with Crippen molar-refractivity contribution in [1.29, 1.82) is 0 Å². The molecular formula is C16H30N2O. The lowest BCUT2D eigenvalue weighted by Crippen LogP contribution is -2.47. The van der Waals surface area contributed by atoms with Crippen molar-refractivity contribution in [1.82, 2.24) is 10.2 Å². The summed E-state index contributed by atoms with van der Waals surface area (Å²) in [4.78, 5) is 14.6. The molecule has 0 aromatic carbocycles. The van der Waals surface area contributed by atoms with Gasteiger partial charge >= 0.3 is 0 Å². The number of carbonyl (C=O) groups excluding carboxylic acids is 1. The first-order valence-electron chi connectivity index (χ1n) is 8.33. The van der Waals surface area contributed by atoms with Gasteiger partial charge in [0.1, 0.15) is 0 Å². The third-order valence-electron chi connectivity index (χ3n) is 4.79. The number of hydrogen-bond donors (Lipinski definition) is 1. The number of hydrogen-bond acceptors (Lipinski definition) is 2. The minimum absolute atomic E-state index is 0.257. The smallest absolute Gasteiger partial charge is 0.234 e. The number of nitrogens with one attached hydrogen (secondary N) is 1. The number of amides is 1. The van der Waals surface area contributed by atoms with Gasteiger partial charge in [-0.1, -0.05) is 39.0 Å². The van der Waals surface area contributed by atoms with Crippen molar-refractivity contribution in [2.75, 3.05) is 13.1 Å². The first kappa shape index (κ1) is 14.8. The molecule has 0 spiro atoms. The molecule has 3 nitrogen and oxygen atoms in total. The summed E-state index contributed by atoms with van der Waals surface area (Å²) in [5.41, 5.74) is 0. The number of likely N-dealkylation sites (tertiary alicyclic amines) is 1.